The number of rotatable bonds is 4. The van der Waals surface area contributed by atoms with Crippen molar-refractivity contribution in [2.24, 2.45) is 0 Å². The lowest BCUT2D eigenvalue weighted by atomic mass is 10.1. The summed E-state index contributed by atoms with van der Waals surface area (Å²) in [5, 5.41) is 11.8. The van der Waals surface area contributed by atoms with Crippen molar-refractivity contribution in [3.05, 3.63) is 34.9 Å². The molecule has 1 aliphatic heterocycles. The predicted octanol–water partition coefficient (Wildman–Crippen LogP) is 1.99. The molecular weight excluding hydrogens is 222 g/mol. The van der Waals surface area contributed by atoms with Crippen LogP contribution in [-0.2, 0) is 6.54 Å². The Bertz CT molecular complexity index is 448. The van der Waals surface area contributed by atoms with E-state index in [2.05, 4.69) is 48.3 Å². The normalized spacial score (nSPS) is 19.9. The average Bonchev–Trinajstić information content (AvgIpc) is 2.78. The number of hydrogen-bond acceptors (Lipinski definition) is 3. The number of aryl methyl sites for hydroxylation is 2. The fourth-order valence-corrected chi connectivity index (χ4v) is 2.60. The Labute approximate surface area is 109 Å². The van der Waals surface area contributed by atoms with Crippen LogP contribution in [-0.4, -0.2) is 30.6 Å². The van der Waals surface area contributed by atoms with E-state index in [0.717, 1.165) is 26.1 Å². The molecule has 1 saturated heterocycles. The molecule has 1 aromatic carbocycles. The lowest BCUT2D eigenvalue weighted by Crippen LogP contribution is -2.32. The fraction of sp³-hybridized carbons (Fsp3) is 0.533. The highest BCUT2D eigenvalue weighted by Crippen LogP contribution is 2.17. The number of hydrogen-bond donors (Lipinski definition) is 1. The van der Waals surface area contributed by atoms with Crippen molar-refractivity contribution >= 4 is 0 Å². The zero-order valence-electron chi connectivity index (χ0n) is 11.2. The van der Waals surface area contributed by atoms with Gasteiger partial charge in [-0.2, -0.15) is 5.26 Å². The molecule has 0 spiro atoms. The maximum Gasteiger partial charge on any atom is 0.0843 e. The summed E-state index contributed by atoms with van der Waals surface area (Å²) in [4.78, 5) is 2.46. The van der Waals surface area contributed by atoms with Crippen molar-refractivity contribution in [2.45, 2.75) is 32.9 Å². The van der Waals surface area contributed by atoms with Gasteiger partial charge in [0.15, 0.2) is 0 Å². The summed E-state index contributed by atoms with van der Waals surface area (Å²) in [7, 11) is 0. The molecule has 1 heterocycles. The van der Waals surface area contributed by atoms with Gasteiger partial charge in [0.2, 0.25) is 0 Å². The minimum atomic E-state index is 0.460. The minimum Gasteiger partial charge on any atom is -0.300 e. The van der Waals surface area contributed by atoms with Crippen LogP contribution in [0.4, 0.5) is 0 Å². The highest BCUT2D eigenvalue weighted by Gasteiger charge is 2.21. The van der Waals surface area contributed by atoms with E-state index in [0.29, 0.717) is 12.6 Å². The highest BCUT2D eigenvalue weighted by molar-refractivity contribution is 5.30. The van der Waals surface area contributed by atoms with Crippen LogP contribution in [0.2, 0.25) is 0 Å². The van der Waals surface area contributed by atoms with Gasteiger partial charge in [-0.15, -0.1) is 0 Å². The Morgan fingerprint density at radius 3 is 3.00 bits per heavy atom. The van der Waals surface area contributed by atoms with Crippen LogP contribution >= 0.6 is 0 Å². The van der Waals surface area contributed by atoms with Gasteiger partial charge in [-0.3, -0.25) is 4.90 Å². The summed E-state index contributed by atoms with van der Waals surface area (Å²) in [6, 6.07) is 9.29. The zero-order valence-corrected chi connectivity index (χ0v) is 11.2. The van der Waals surface area contributed by atoms with E-state index in [-0.39, 0.29) is 0 Å². The number of likely N-dealkylation sites (tertiary alicyclic amines) is 1. The van der Waals surface area contributed by atoms with Gasteiger partial charge in [0.05, 0.1) is 12.6 Å². The number of nitriles is 1. The van der Waals surface area contributed by atoms with E-state index in [1.807, 2.05) is 0 Å². The molecule has 1 aromatic rings. The second-order valence-corrected chi connectivity index (χ2v) is 5.19. The van der Waals surface area contributed by atoms with Gasteiger partial charge in [-0.05, 0) is 31.4 Å². The number of nitrogens with zero attached hydrogens (tertiary/aromatic N) is 2. The molecule has 3 nitrogen and oxygen atoms in total. The lowest BCUT2D eigenvalue weighted by Gasteiger charge is -2.17. The van der Waals surface area contributed by atoms with Gasteiger partial charge in [0.1, 0.15) is 0 Å². The second-order valence-electron chi connectivity index (χ2n) is 5.19. The Balaban J connectivity index is 1.89. The third-order valence-corrected chi connectivity index (χ3v) is 3.63. The Kier molecular flexibility index (Phi) is 4.35. The number of nitrogens with one attached hydrogen (secondary N) is 1. The van der Waals surface area contributed by atoms with Gasteiger partial charge in [-0.25, -0.2) is 0 Å². The summed E-state index contributed by atoms with van der Waals surface area (Å²) in [5.74, 6) is 0. The first-order valence-electron chi connectivity index (χ1n) is 6.58. The van der Waals surface area contributed by atoms with E-state index in [4.69, 9.17) is 5.26 Å². The molecule has 18 heavy (non-hydrogen) atoms. The second kappa shape index (κ2) is 5.99. The maximum atomic E-state index is 8.56. The number of benzene rings is 1. The van der Waals surface area contributed by atoms with Crippen molar-refractivity contribution in [3.8, 4) is 6.07 Å². The third kappa shape index (κ3) is 3.32. The fourth-order valence-electron chi connectivity index (χ4n) is 2.60. The summed E-state index contributed by atoms with van der Waals surface area (Å²) in [6.07, 6.45) is 1.15. The van der Waals surface area contributed by atoms with Crippen molar-refractivity contribution in [1.82, 2.24) is 10.2 Å². The molecule has 0 saturated carbocycles. The summed E-state index contributed by atoms with van der Waals surface area (Å²) in [6.45, 7) is 7.97. The van der Waals surface area contributed by atoms with Crippen LogP contribution in [0.3, 0.4) is 0 Å². The van der Waals surface area contributed by atoms with Crippen LogP contribution in [0.5, 0.6) is 0 Å². The molecular formula is C15H21N3. The molecule has 1 aliphatic rings. The van der Waals surface area contributed by atoms with Crippen molar-refractivity contribution in [1.29, 1.82) is 5.26 Å². The van der Waals surface area contributed by atoms with Crippen LogP contribution in [0.15, 0.2) is 18.2 Å². The lowest BCUT2D eigenvalue weighted by molar-refractivity contribution is 0.321. The third-order valence-electron chi connectivity index (χ3n) is 3.63. The van der Waals surface area contributed by atoms with E-state index in [9.17, 15) is 0 Å². The largest absolute Gasteiger partial charge is 0.300 e. The Morgan fingerprint density at radius 2 is 2.28 bits per heavy atom. The van der Waals surface area contributed by atoms with E-state index in [1.165, 1.54) is 16.7 Å². The predicted molar refractivity (Wildman–Crippen MR) is 73.2 cm³/mol. The van der Waals surface area contributed by atoms with Gasteiger partial charge >= 0.3 is 0 Å². The molecule has 0 radical (unpaired) electrons. The summed E-state index contributed by atoms with van der Waals surface area (Å²) >= 11 is 0. The maximum absolute atomic E-state index is 8.56. The molecule has 1 fully saturated rings. The molecule has 0 amide bonds. The first-order chi connectivity index (χ1) is 8.69. The van der Waals surface area contributed by atoms with Crippen LogP contribution in [0.25, 0.3) is 0 Å². The van der Waals surface area contributed by atoms with Crippen molar-refractivity contribution in [3.63, 3.8) is 0 Å². The van der Waals surface area contributed by atoms with E-state index >= 15 is 0 Å². The average molecular weight is 243 g/mol. The SMILES string of the molecule is Cc1ccc(CN2CCC(NCC#N)C2)c(C)c1. The quantitative estimate of drug-likeness (QED) is 0.822. The molecule has 96 valence electrons. The molecule has 0 aromatic heterocycles. The molecule has 1 unspecified atom stereocenters. The first-order valence-corrected chi connectivity index (χ1v) is 6.58. The highest BCUT2D eigenvalue weighted by atomic mass is 15.2. The standard InChI is InChI=1S/C15H21N3/c1-12-3-4-14(13(2)9-12)10-18-8-5-15(11-18)17-7-6-16/h3-4,9,15,17H,5,7-8,10-11H2,1-2H3. The van der Waals surface area contributed by atoms with Gasteiger partial charge in [0, 0.05) is 25.7 Å². The van der Waals surface area contributed by atoms with Crippen LogP contribution in [0, 0.1) is 25.2 Å². The van der Waals surface area contributed by atoms with Crippen LogP contribution < -0.4 is 5.32 Å². The smallest absolute Gasteiger partial charge is 0.0843 e. The molecule has 0 aliphatic carbocycles. The first kappa shape index (κ1) is 13.1. The van der Waals surface area contributed by atoms with Gasteiger partial charge < -0.3 is 5.32 Å². The van der Waals surface area contributed by atoms with E-state index < -0.39 is 0 Å². The topological polar surface area (TPSA) is 39.1 Å². The van der Waals surface area contributed by atoms with Gasteiger partial charge in [0.25, 0.3) is 0 Å². The zero-order chi connectivity index (χ0) is 13.0. The summed E-state index contributed by atoms with van der Waals surface area (Å²) < 4.78 is 0. The minimum absolute atomic E-state index is 0.460. The van der Waals surface area contributed by atoms with E-state index in [1.54, 1.807) is 0 Å². The molecule has 2 rings (SSSR count). The molecule has 1 atom stereocenters. The van der Waals surface area contributed by atoms with Gasteiger partial charge in [-0.1, -0.05) is 23.8 Å². The monoisotopic (exact) mass is 243 g/mol. The Hall–Kier alpha value is -1.37. The van der Waals surface area contributed by atoms with Crippen molar-refractivity contribution in [2.75, 3.05) is 19.6 Å². The molecule has 0 bridgehead atoms. The summed E-state index contributed by atoms with van der Waals surface area (Å²) in [5.41, 5.74) is 4.12. The van der Waals surface area contributed by atoms with Crippen molar-refractivity contribution < 1.29 is 0 Å². The molecule has 1 N–H and O–H groups in total. The Morgan fingerprint density at radius 1 is 1.44 bits per heavy atom. The molecule has 3 heteroatoms. The van der Waals surface area contributed by atoms with Crippen LogP contribution in [0.1, 0.15) is 23.1 Å².